The SMILES string of the molecule is CCCCCCCCCCCCCCC(C(=O)O)C(=O)C(O)(OCCCCCC)C(O)CC. The minimum Gasteiger partial charge on any atom is -0.481 e. The number of rotatable bonds is 24. The maximum Gasteiger partial charge on any atom is 0.314 e. The van der Waals surface area contributed by atoms with E-state index >= 15 is 0 Å². The van der Waals surface area contributed by atoms with E-state index in [-0.39, 0.29) is 19.4 Å². The van der Waals surface area contributed by atoms with Crippen LogP contribution in [0.3, 0.4) is 0 Å². The molecule has 3 atom stereocenters. The van der Waals surface area contributed by atoms with Crippen molar-refractivity contribution in [2.45, 2.75) is 148 Å². The molecule has 33 heavy (non-hydrogen) atoms. The number of carboxylic acid groups (broad SMARTS) is 1. The van der Waals surface area contributed by atoms with Gasteiger partial charge in [-0.25, -0.2) is 0 Å². The lowest BCUT2D eigenvalue weighted by Crippen LogP contribution is -2.55. The molecule has 6 heteroatoms. The van der Waals surface area contributed by atoms with Crippen molar-refractivity contribution in [2.75, 3.05) is 6.61 Å². The molecule has 0 aromatic heterocycles. The zero-order valence-corrected chi connectivity index (χ0v) is 21.7. The van der Waals surface area contributed by atoms with Crippen LogP contribution in [0.2, 0.25) is 0 Å². The fraction of sp³-hybridized carbons (Fsp3) is 0.926. The summed E-state index contributed by atoms with van der Waals surface area (Å²) in [5.74, 6) is -6.02. The normalized spacial score (nSPS) is 15.2. The molecule has 0 fully saturated rings. The molecule has 0 radical (unpaired) electrons. The first-order valence-electron chi connectivity index (χ1n) is 13.7. The Morgan fingerprint density at radius 3 is 1.58 bits per heavy atom. The van der Waals surface area contributed by atoms with Gasteiger partial charge in [-0.1, -0.05) is 117 Å². The van der Waals surface area contributed by atoms with Gasteiger partial charge < -0.3 is 20.1 Å². The first kappa shape index (κ1) is 32.0. The second-order valence-electron chi connectivity index (χ2n) is 9.46. The summed E-state index contributed by atoms with van der Waals surface area (Å²) in [4.78, 5) is 24.7. The fourth-order valence-corrected chi connectivity index (χ4v) is 4.17. The van der Waals surface area contributed by atoms with Crippen molar-refractivity contribution in [1.29, 1.82) is 0 Å². The van der Waals surface area contributed by atoms with Crippen LogP contribution in [0.15, 0.2) is 0 Å². The number of ether oxygens (including phenoxy) is 1. The van der Waals surface area contributed by atoms with E-state index in [1.54, 1.807) is 6.92 Å². The molecule has 0 aromatic rings. The number of unbranched alkanes of at least 4 members (excludes halogenated alkanes) is 14. The minimum absolute atomic E-state index is 0.0993. The third kappa shape index (κ3) is 14.1. The van der Waals surface area contributed by atoms with Gasteiger partial charge in [0.25, 0.3) is 5.79 Å². The Kier molecular flexibility index (Phi) is 19.8. The third-order valence-corrected chi connectivity index (χ3v) is 6.47. The van der Waals surface area contributed by atoms with Crippen LogP contribution in [0, 0.1) is 5.92 Å². The highest BCUT2D eigenvalue weighted by atomic mass is 16.6. The van der Waals surface area contributed by atoms with E-state index < -0.39 is 29.6 Å². The molecule has 0 bridgehead atoms. The van der Waals surface area contributed by atoms with Gasteiger partial charge in [0.15, 0.2) is 0 Å². The Hall–Kier alpha value is -0.980. The minimum atomic E-state index is -2.46. The number of carbonyl (C=O) groups is 2. The van der Waals surface area contributed by atoms with Gasteiger partial charge >= 0.3 is 5.97 Å². The quantitative estimate of drug-likeness (QED) is 0.0852. The van der Waals surface area contributed by atoms with Crippen LogP contribution in [-0.4, -0.2) is 45.6 Å². The highest BCUT2D eigenvalue weighted by molar-refractivity contribution is 6.02. The van der Waals surface area contributed by atoms with Crippen LogP contribution in [0.5, 0.6) is 0 Å². The second-order valence-corrected chi connectivity index (χ2v) is 9.46. The van der Waals surface area contributed by atoms with Crippen molar-refractivity contribution in [1.82, 2.24) is 0 Å². The highest BCUT2D eigenvalue weighted by Crippen LogP contribution is 2.26. The van der Waals surface area contributed by atoms with Gasteiger partial charge in [-0.05, 0) is 19.3 Å². The number of Topliss-reactive ketones (excluding diaryl/α,β-unsaturated/α-hetero) is 1. The van der Waals surface area contributed by atoms with Crippen molar-refractivity contribution in [3.05, 3.63) is 0 Å². The second kappa shape index (κ2) is 20.4. The number of aliphatic carboxylic acids is 1. The molecule has 196 valence electrons. The lowest BCUT2D eigenvalue weighted by molar-refractivity contribution is -0.247. The van der Waals surface area contributed by atoms with Gasteiger partial charge in [0.2, 0.25) is 5.78 Å². The van der Waals surface area contributed by atoms with Gasteiger partial charge in [0, 0.05) is 0 Å². The van der Waals surface area contributed by atoms with Gasteiger partial charge in [-0.15, -0.1) is 0 Å². The van der Waals surface area contributed by atoms with Crippen LogP contribution < -0.4 is 0 Å². The van der Waals surface area contributed by atoms with Crippen molar-refractivity contribution in [3.63, 3.8) is 0 Å². The molecule has 0 saturated carbocycles. The van der Waals surface area contributed by atoms with Crippen LogP contribution in [0.25, 0.3) is 0 Å². The third-order valence-electron chi connectivity index (χ3n) is 6.47. The molecule has 0 aliphatic carbocycles. The summed E-state index contributed by atoms with van der Waals surface area (Å²) in [6.07, 6.45) is 16.4. The van der Waals surface area contributed by atoms with Gasteiger partial charge in [-0.3, -0.25) is 9.59 Å². The van der Waals surface area contributed by atoms with Crippen LogP contribution >= 0.6 is 0 Å². The highest BCUT2D eigenvalue weighted by Gasteiger charge is 2.48. The Bertz CT molecular complexity index is 495. The Balaban J connectivity index is 4.41. The van der Waals surface area contributed by atoms with Crippen molar-refractivity contribution >= 4 is 11.8 Å². The van der Waals surface area contributed by atoms with E-state index in [4.69, 9.17) is 4.74 Å². The molecule has 0 saturated heterocycles. The van der Waals surface area contributed by atoms with Crippen molar-refractivity contribution in [2.24, 2.45) is 5.92 Å². The average Bonchev–Trinajstić information content (AvgIpc) is 2.80. The monoisotopic (exact) mass is 472 g/mol. The molecule has 0 aromatic carbocycles. The molecule has 3 N–H and O–H groups in total. The lowest BCUT2D eigenvalue weighted by Gasteiger charge is -2.33. The molecular weight excluding hydrogens is 420 g/mol. The summed E-state index contributed by atoms with van der Waals surface area (Å²) in [7, 11) is 0. The molecule has 0 heterocycles. The Morgan fingerprint density at radius 2 is 1.15 bits per heavy atom. The maximum atomic E-state index is 12.9. The first-order valence-corrected chi connectivity index (χ1v) is 13.7. The molecule has 0 amide bonds. The number of aliphatic hydroxyl groups is 2. The summed E-state index contributed by atoms with van der Waals surface area (Å²) in [6, 6.07) is 0. The lowest BCUT2D eigenvalue weighted by atomic mass is 9.88. The molecule has 6 nitrogen and oxygen atoms in total. The number of hydrogen-bond donors (Lipinski definition) is 3. The average molecular weight is 473 g/mol. The number of ketones is 1. The van der Waals surface area contributed by atoms with E-state index in [9.17, 15) is 24.9 Å². The topological polar surface area (TPSA) is 104 Å². The predicted octanol–water partition coefficient (Wildman–Crippen LogP) is 6.40. The Labute approximate surface area is 202 Å². The standard InChI is InChI=1S/C27H52O6/c1-4-7-9-11-12-13-14-15-16-17-18-19-21-23(26(30)31)25(29)27(32,24(28)6-3)33-22-20-10-8-5-2/h23-24,28,32H,4-22H2,1-3H3,(H,30,31). The number of carboxylic acids is 1. The number of aliphatic hydroxyl groups excluding tert-OH is 1. The van der Waals surface area contributed by atoms with E-state index in [2.05, 4.69) is 13.8 Å². The Morgan fingerprint density at radius 1 is 0.727 bits per heavy atom. The number of hydrogen-bond acceptors (Lipinski definition) is 5. The van der Waals surface area contributed by atoms with Gasteiger partial charge in [-0.2, -0.15) is 0 Å². The van der Waals surface area contributed by atoms with E-state index in [0.29, 0.717) is 12.8 Å². The zero-order valence-electron chi connectivity index (χ0n) is 21.7. The van der Waals surface area contributed by atoms with Gasteiger partial charge in [0.05, 0.1) is 6.61 Å². The summed E-state index contributed by atoms with van der Waals surface area (Å²) in [5, 5.41) is 30.7. The van der Waals surface area contributed by atoms with Crippen molar-refractivity contribution in [3.8, 4) is 0 Å². The maximum absolute atomic E-state index is 12.9. The molecular formula is C27H52O6. The van der Waals surface area contributed by atoms with E-state index in [0.717, 1.165) is 38.5 Å². The van der Waals surface area contributed by atoms with Gasteiger partial charge in [0.1, 0.15) is 12.0 Å². The zero-order chi connectivity index (χ0) is 25.0. The number of carbonyl (C=O) groups excluding carboxylic acids is 1. The van der Waals surface area contributed by atoms with Crippen LogP contribution in [-0.2, 0) is 14.3 Å². The molecule has 0 spiro atoms. The smallest absolute Gasteiger partial charge is 0.314 e. The molecule has 0 rings (SSSR count). The summed E-state index contributed by atoms with van der Waals surface area (Å²) in [6.45, 7) is 6.05. The van der Waals surface area contributed by atoms with Crippen LogP contribution in [0.4, 0.5) is 0 Å². The molecule has 0 aliphatic rings. The van der Waals surface area contributed by atoms with E-state index in [1.807, 2.05) is 0 Å². The molecule has 0 aliphatic heterocycles. The largest absolute Gasteiger partial charge is 0.481 e. The summed E-state index contributed by atoms with van der Waals surface area (Å²) in [5.41, 5.74) is 0. The van der Waals surface area contributed by atoms with E-state index in [1.165, 1.54) is 51.4 Å². The summed E-state index contributed by atoms with van der Waals surface area (Å²) >= 11 is 0. The van der Waals surface area contributed by atoms with Crippen LogP contribution in [0.1, 0.15) is 136 Å². The predicted molar refractivity (Wildman–Crippen MR) is 133 cm³/mol. The molecule has 3 unspecified atom stereocenters. The first-order chi connectivity index (χ1) is 15.8. The van der Waals surface area contributed by atoms with Crippen molar-refractivity contribution < 1.29 is 29.6 Å². The fourth-order valence-electron chi connectivity index (χ4n) is 4.17. The summed E-state index contributed by atoms with van der Waals surface area (Å²) < 4.78 is 5.43.